The van der Waals surface area contributed by atoms with Crippen LogP contribution in [0.4, 0.5) is 0 Å². The van der Waals surface area contributed by atoms with Gasteiger partial charge in [0.15, 0.2) is 0 Å². The van der Waals surface area contributed by atoms with E-state index in [2.05, 4.69) is 5.32 Å². The molecule has 0 heterocycles. The largest absolute Gasteiger partial charge is 0.480 e. The monoisotopic (exact) mass is 232 g/mol. The molecule has 0 saturated heterocycles. The first-order valence-electron chi connectivity index (χ1n) is 5.34. The van der Waals surface area contributed by atoms with E-state index in [1.54, 1.807) is 13.8 Å². The molecule has 1 atom stereocenters. The summed E-state index contributed by atoms with van der Waals surface area (Å²) in [5.74, 6) is -1.66. The normalized spacial score (nSPS) is 13.2. The van der Waals surface area contributed by atoms with Crippen LogP contribution in [0.2, 0.25) is 0 Å². The Morgan fingerprint density at radius 3 is 2.19 bits per heavy atom. The average molecular weight is 232 g/mol. The summed E-state index contributed by atoms with van der Waals surface area (Å²) in [6.45, 7) is 3.24. The Morgan fingerprint density at radius 2 is 1.88 bits per heavy atom. The molecule has 0 aromatic rings. The molecule has 0 rings (SSSR count). The van der Waals surface area contributed by atoms with E-state index in [-0.39, 0.29) is 13.0 Å². The van der Waals surface area contributed by atoms with E-state index in [0.29, 0.717) is 12.8 Å². The van der Waals surface area contributed by atoms with Crippen LogP contribution in [0, 0.1) is 0 Å². The van der Waals surface area contributed by atoms with Crippen molar-refractivity contribution in [3.8, 4) is 0 Å². The molecule has 1 amide bonds. The van der Waals surface area contributed by atoms with Gasteiger partial charge in [-0.05, 0) is 12.8 Å². The first kappa shape index (κ1) is 14.9. The molecular weight excluding hydrogens is 212 g/mol. The van der Waals surface area contributed by atoms with Gasteiger partial charge in [-0.3, -0.25) is 4.79 Å². The summed E-state index contributed by atoms with van der Waals surface area (Å²) in [6.07, 6.45) is 0.839. The molecule has 6 heteroatoms. The summed E-state index contributed by atoms with van der Waals surface area (Å²) in [7, 11) is 0. The average Bonchev–Trinajstić information content (AvgIpc) is 2.26. The number of aliphatic hydroxyl groups is 1. The van der Waals surface area contributed by atoms with Gasteiger partial charge in [-0.2, -0.15) is 0 Å². The van der Waals surface area contributed by atoms with E-state index in [4.69, 9.17) is 15.9 Å². The zero-order valence-electron chi connectivity index (χ0n) is 9.69. The summed E-state index contributed by atoms with van der Waals surface area (Å²) >= 11 is 0. The molecule has 0 aliphatic carbocycles. The number of carboxylic acids is 1. The highest BCUT2D eigenvalue weighted by molar-refractivity contribution is 5.89. The summed E-state index contributed by atoms with van der Waals surface area (Å²) in [6, 6.07) is -1.08. The first-order chi connectivity index (χ1) is 7.41. The van der Waals surface area contributed by atoms with E-state index < -0.39 is 23.5 Å². The lowest BCUT2D eigenvalue weighted by Crippen LogP contribution is -2.57. The number of nitrogens with two attached hydrogens (primary N) is 1. The third kappa shape index (κ3) is 3.79. The maximum Gasteiger partial charge on any atom is 0.326 e. The molecule has 0 aliphatic rings. The Bertz CT molecular complexity index is 251. The van der Waals surface area contributed by atoms with Crippen LogP contribution in [0.3, 0.4) is 0 Å². The first-order valence-corrected chi connectivity index (χ1v) is 5.34. The fourth-order valence-corrected chi connectivity index (χ4v) is 1.26. The Labute approximate surface area is 94.8 Å². The van der Waals surface area contributed by atoms with Gasteiger partial charge in [-0.1, -0.05) is 13.8 Å². The molecule has 5 N–H and O–H groups in total. The van der Waals surface area contributed by atoms with Crippen LogP contribution in [0.15, 0.2) is 0 Å². The standard InChI is InChI=1S/C10H20N2O4/c1-3-10(11,4-2)9(16)12-7(5-6-13)8(14)15/h7,13H,3-6,11H2,1-2H3,(H,12,16)(H,14,15)/t7-/m0/s1. The molecule has 6 nitrogen and oxygen atoms in total. The fraction of sp³-hybridized carbons (Fsp3) is 0.800. The lowest BCUT2D eigenvalue weighted by Gasteiger charge is -2.27. The van der Waals surface area contributed by atoms with Crippen LogP contribution in [0.5, 0.6) is 0 Å². The van der Waals surface area contributed by atoms with Crippen LogP contribution >= 0.6 is 0 Å². The Balaban J connectivity index is 4.56. The third-order valence-corrected chi connectivity index (χ3v) is 2.74. The molecule has 0 fully saturated rings. The molecule has 94 valence electrons. The highest BCUT2D eigenvalue weighted by Gasteiger charge is 2.32. The quantitative estimate of drug-likeness (QED) is 0.470. The molecule has 0 aromatic carbocycles. The lowest BCUT2D eigenvalue weighted by atomic mass is 9.92. The second-order valence-electron chi connectivity index (χ2n) is 3.74. The van der Waals surface area contributed by atoms with Gasteiger partial charge in [0.25, 0.3) is 0 Å². The lowest BCUT2D eigenvalue weighted by molar-refractivity contribution is -0.143. The van der Waals surface area contributed by atoms with Gasteiger partial charge in [0.1, 0.15) is 6.04 Å². The number of hydrogen-bond acceptors (Lipinski definition) is 4. The number of carbonyl (C=O) groups excluding carboxylic acids is 1. The van der Waals surface area contributed by atoms with Crippen molar-refractivity contribution in [1.29, 1.82) is 0 Å². The van der Waals surface area contributed by atoms with Crippen LogP contribution in [0.1, 0.15) is 33.1 Å². The molecule has 0 spiro atoms. The SMILES string of the molecule is CCC(N)(CC)C(=O)N[C@@H](CCO)C(=O)O. The van der Waals surface area contributed by atoms with E-state index in [9.17, 15) is 9.59 Å². The van der Waals surface area contributed by atoms with Gasteiger partial charge < -0.3 is 21.3 Å². The van der Waals surface area contributed by atoms with Gasteiger partial charge >= 0.3 is 5.97 Å². The number of amides is 1. The number of nitrogens with one attached hydrogen (secondary N) is 1. The molecule has 0 aliphatic heterocycles. The number of hydrogen-bond donors (Lipinski definition) is 4. The van der Waals surface area contributed by atoms with E-state index in [1.165, 1.54) is 0 Å². The Kier molecular flexibility index (Phi) is 5.98. The molecule has 0 unspecified atom stereocenters. The maximum absolute atomic E-state index is 11.7. The number of rotatable bonds is 7. The smallest absolute Gasteiger partial charge is 0.326 e. The van der Waals surface area contributed by atoms with Crippen molar-refractivity contribution < 1.29 is 19.8 Å². The fourth-order valence-electron chi connectivity index (χ4n) is 1.26. The van der Waals surface area contributed by atoms with Crippen molar-refractivity contribution in [2.45, 2.75) is 44.7 Å². The number of aliphatic hydroxyl groups excluding tert-OH is 1. The highest BCUT2D eigenvalue weighted by atomic mass is 16.4. The predicted octanol–water partition coefficient (Wildman–Crippen LogP) is -0.544. The second-order valence-corrected chi connectivity index (χ2v) is 3.74. The third-order valence-electron chi connectivity index (χ3n) is 2.74. The van der Waals surface area contributed by atoms with Gasteiger partial charge in [0.2, 0.25) is 5.91 Å². The topological polar surface area (TPSA) is 113 Å². The summed E-state index contributed by atoms with van der Waals surface area (Å²) in [4.78, 5) is 22.5. The van der Waals surface area contributed by atoms with E-state index in [0.717, 1.165) is 0 Å². The van der Waals surface area contributed by atoms with Crippen molar-refractivity contribution in [3.63, 3.8) is 0 Å². The van der Waals surface area contributed by atoms with Crippen molar-refractivity contribution in [3.05, 3.63) is 0 Å². The van der Waals surface area contributed by atoms with Crippen molar-refractivity contribution >= 4 is 11.9 Å². The number of aliphatic carboxylic acids is 1. The zero-order valence-corrected chi connectivity index (χ0v) is 9.69. The molecule has 0 radical (unpaired) electrons. The summed E-state index contributed by atoms with van der Waals surface area (Å²) in [5, 5.41) is 19.8. The highest BCUT2D eigenvalue weighted by Crippen LogP contribution is 2.11. The maximum atomic E-state index is 11.7. The van der Waals surface area contributed by atoms with Crippen LogP contribution in [-0.4, -0.2) is 40.3 Å². The molecule has 16 heavy (non-hydrogen) atoms. The minimum absolute atomic E-state index is 0.0232. The van der Waals surface area contributed by atoms with E-state index >= 15 is 0 Å². The van der Waals surface area contributed by atoms with Crippen LogP contribution < -0.4 is 11.1 Å². The number of carboxylic acid groups (broad SMARTS) is 1. The predicted molar refractivity (Wildman–Crippen MR) is 58.8 cm³/mol. The zero-order chi connectivity index (χ0) is 12.8. The van der Waals surface area contributed by atoms with Crippen LogP contribution in [0.25, 0.3) is 0 Å². The van der Waals surface area contributed by atoms with Gasteiger partial charge in [-0.15, -0.1) is 0 Å². The number of carbonyl (C=O) groups is 2. The second kappa shape index (κ2) is 6.44. The Hall–Kier alpha value is -1.14. The van der Waals surface area contributed by atoms with Gasteiger partial charge in [-0.25, -0.2) is 4.79 Å². The molecule has 0 aromatic heterocycles. The molecule has 0 saturated carbocycles. The van der Waals surface area contributed by atoms with Gasteiger partial charge in [0, 0.05) is 13.0 Å². The van der Waals surface area contributed by atoms with Crippen molar-refractivity contribution in [1.82, 2.24) is 5.32 Å². The minimum Gasteiger partial charge on any atom is -0.480 e. The molecule has 0 bridgehead atoms. The minimum atomic E-state index is -1.17. The van der Waals surface area contributed by atoms with Gasteiger partial charge in [0.05, 0.1) is 5.54 Å². The van der Waals surface area contributed by atoms with Crippen molar-refractivity contribution in [2.75, 3.05) is 6.61 Å². The summed E-state index contributed by atoms with van der Waals surface area (Å²) in [5.41, 5.74) is 4.78. The summed E-state index contributed by atoms with van der Waals surface area (Å²) < 4.78 is 0. The van der Waals surface area contributed by atoms with Crippen LogP contribution in [-0.2, 0) is 9.59 Å². The van der Waals surface area contributed by atoms with Crippen molar-refractivity contribution in [2.24, 2.45) is 5.73 Å². The molecular formula is C10H20N2O4. The van der Waals surface area contributed by atoms with E-state index in [1.807, 2.05) is 0 Å². The Morgan fingerprint density at radius 1 is 1.38 bits per heavy atom.